The number of hydrogen-bond donors (Lipinski definition) is 1. The summed E-state index contributed by atoms with van der Waals surface area (Å²) in [5.41, 5.74) is 2.06. The van der Waals surface area contributed by atoms with E-state index in [1.807, 2.05) is 38.3 Å². The SMILES string of the molecule is CCOC(=O)c1ccc2c(c1)n(CC(=O)NC(C)(C)C)c(C)[n+]2CC. The molecule has 0 aliphatic heterocycles. The molecule has 0 radical (unpaired) electrons. The summed E-state index contributed by atoms with van der Waals surface area (Å²) in [7, 11) is 0. The van der Waals surface area contributed by atoms with Crippen molar-refractivity contribution in [1.82, 2.24) is 9.88 Å². The zero-order chi connectivity index (χ0) is 18.8. The summed E-state index contributed by atoms with van der Waals surface area (Å²) in [6, 6.07) is 5.48. The number of nitrogens with zero attached hydrogens (tertiary/aromatic N) is 2. The van der Waals surface area contributed by atoms with E-state index in [0.717, 1.165) is 23.4 Å². The predicted octanol–water partition coefficient (Wildman–Crippen LogP) is 2.35. The second-order valence-electron chi connectivity index (χ2n) is 7.10. The van der Waals surface area contributed by atoms with Gasteiger partial charge in [0, 0.05) is 18.5 Å². The van der Waals surface area contributed by atoms with Gasteiger partial charge in [0.15, 0.2) is 17.6 Å². The van der Waals surface area contributed by atoms with Gasteiger partial charge in [0.2, 0.25) is 0 Å². The number of nitrogens with one attached hydrogen (secondary N) is 1. The lowest BCUT2D eigenvalue weighted by Gasteiger charge is -2.19. The van der Waals surface area contributed by atoms with Gasteiger partial charge in [0.1, 0.15) is 0 Å². The number of carbonyl (C=O) groups excluding carboxylic acids is 2. The third-order valence-electron chi connectivity index (χ3n) is 3.98. The minimum absolute atomic E-state index is 0.0581. The molecular formula is C19H28N3O3+. The van der Waals surface area contributed by atoms with Gasteiger partial charge in [0.25, 0.3) is 11.7 Å². The van der Waals surface area contributed by atoms with Gasteiger partial charge < -0.3 is 10.1 Å². The summed E-state index contributed by atoms with van der Waals surface area (Å²) in [6.07, 6.45) is 0. The lowest BCUT2D eigenvalue weighted by molar-refractivity contribution is -0.674. The molecule has 0 aliphatic rings. The lowest BCUT2D eigenvalue weighted by atomic mass is 10.1. The largest absolute Gasteiger partial charge is 0.462 e. The highest BCUT2D eigenvalue weighted by Gasteiger charge is 2.25. The van der Waals surface area contributed by atoms with Crippen molar-refractivity contribution < 1.29 is 18.9 Å². The van der Waals surface area contributed by atoms with Gasteiger partial charge in [-0.3, -0.25) is 4.79 Å². The van der Waals surface area contributed by atoms with E-state index in [2.05, 4.69) is 16.8 Å². The first-order valence-electron chi connectivity index (χ1n) is 8.68. The third kappa shape index (κ3) is 4.18. The van der Waals surface area contributed by atoms with E-state index in [1.54, 1.807) is 19.1 Å². The summed E-state index contributed by atoms with van der Waals surface area (Å²) >= 11 is 0. The number of aromatic nitrogens is 2. The van der Waals surface area contributed by atoms with Crippen LogP contribution in [0.4, 0.5) is 0 Å². The van der Waals surface area contributed by atoms with E-state index in [4.69, 9.17) is 4.74 Å². The summed E-state index contributed by atoms with van der Waals surface area (Å²) in [6.45, 7) is 13.0. The fourth-order valence-electron chi connectivity index (χ4n) is 3.00. The highest BCUT2D eigenvalue weighted by molar-refractivity contribution is 5.93. The molecule has 2 aromatic rings. The molecule has 2 rings (SSSR count). The number of benzene rings is 1. The van der Waals surface area contributed by atoms with Crippen LogP contribution in [-0.4, -0.2) is 28.6 Å². The quantitative estimate of drug-likeness (QED) is 0.668. The van der Waals surface area contributed by atoms with E-state index in [0.29, 0.717) is 12.2 Å². The molecule has 1 aromatic heterocycles. The fourth-order valence-corrected chi connectivity index (χ4v) is 3.00. The monoisotopic (exact) mass is 346 g/mol. The maximum Gasteiger partial charge on any atom is 0.338 e. The van der Waals surface area contributed by atoms with Crippen LogP contribution in [0.1, 0.15) is 50.8 Å². The lowest BCUT2D eigenvalue weighted by Crippen LogP contribution is -2.43. The van der Waals surface area contributed by atoms with Crippen molar-refractivity contribution in [2.75, 3.05) is 6.61 Å². The zero-order valence-corrected chi connectivity index (χ0v) is 16.0. The maximum atomic E-state index is 12.4. The average molecular weight is 346 g/mol. The Labute approximate surface area is 148 Å². The molecule has 0 saturated carbocycles. The molecule has 1 heterocycles. The van der Waals surface area contributed by atoms with Crippen molar-refractivity contribution >= 4 is 22.9 Å². The summed E-state index contributed by atoms with van der Waals surface area (Å²) in [4.78, 5) is 24.5. The number of rotatable bonds is 5. The number of imidazole rings is 1. The van der Waals surface area contributed by atoms with Crippen molar-refractivity contribution in [2.24, 2.45) is 0 Å². The van der Waals surface area contributed by atoms with Gasteiger partial charge >= 0.3 is 5.97 Å². The van der Waals surface area contributed by atoms with E-state index in [9.17, 15) is 9.59 Å². The topological polar surface area (TPSA) is 64.2 Å². The highest BCUT2D eigenvalue weighted by Crippen LogP contribution is 2.18. The number of aryl methyl sites for hydroxylation is 1. The molecule has 25 heavy (non-hydrogen) atoms. The Kier molecular flexibility index (Phi) is 5.50. The highest BCUT2D eigenvalue weighted by atomic mass is 16.5. The van der Waals surface area contributed by atoms with Gasteiger partial charge in [0.05, 0.1) is 18.7 Å². The standard InChI is InChI=1S/C19H27N3O3/c1-7-21-13(3)22(12-17(23)20-19(4,5)6)16-11-14(9-10-15(16)21)18(24)25-8-2/h9-11H,7-8,12H2,1-6H3/p+1. The number of carbonyl (C=O) groups is 2. The predicted molar refractivity (Wildman–Crippen MR) is 96.4 cm³/mol. The summed E-state index contributed by atoms with van der Waals surface area (Å²) in [5.74, 6) is 0.567. The van der Waals surface area contributed by atoms with Gasteiger partial charge in [-0.2, -0.15) is 0 Å². The Hall–Kier alpha value is -2.37. The van der Waals surface area contributed by atoms with E-state index >= 15 is 0 Å². The molecule has 0 saturated heterocycles. The Morgan fingerprint density at radius 1 is 1.24 bits per heavy atom. The Bertz CT molecular complexity index is 800. The van der Waals surface area contributed by atoms with Crippen LogP contribution < -0.4 is 9.88 Å². The molecule has 0 unspecified atom stereocenters. The number of fused-ring (bicyclic) bond motifs is 1. The van der Waals surface area contributed by atoms with Gasteiger partial charge in [-0.05, 0) is 46.8 Å². The second kappa shape index (κ2) is 7.25. The first kappa shape index (κ1) is 19.0. The van der Waals surface area contributed by atoms with Crippen LogP contribution in [0.3, 0.4) is 0 Å². The van der Waals surface area contributed by atoms with Crippen LogP contribution in [0.2, 0.25) is 0 Å². The molecule has 1 amide bonds. The second-order valence-corrected chi connectivity index (χ2v) is 7.10. The summed E-state index contributed by atoms with van der Waals surface area (Å²) in [5, 5.41) is 2.98. The minimum atomic E-state index is -0.350. The van der Waals surface area contributed by atoms with Crippen LogP contribution >= 0.6 is 0 Å². The van der Waals surface area contributed by atoms with Crippen LogP contribution in [0.5, 0.6) is 0 Å². The molecule has 0 bridgehead atoms. The molecule has 0 spiro atoms. The first-order chi connectivity index (χ1) is 11.7. The van der Waals surface area contributed by atoms with Crippen molar-refractivity contribution in [1.29, 1.82) is 0 Å². The van der Waals surface area contributed by atoms with Gasteiger partial charge in [-0.1, -0.05) is 0 Å². The van der Waals surface area contributed by atoms with Crippen LogP contribution in [-0.2, 0) is 22.6 Å². The van der Waals surface area contributed by atoms with E-state index in [1.165, 1.54) is 0 Å². The molecule has 6 nitrogen and oxygen atoms in total. The first-order valence-corrected chi connectivity index (χ1v) is 8.68. The molecule has 0 fully saturated rings. The van der Waals surface area contributed by atoms with Gasteiger partial charge in [-0.25, -0.2) is 13.9 Å². The summed E-state index contributed by atoms with van der Waals surface area (Å²) < 4.78 is 9.17. The van der Waals surface area contributed by atoms with Crippen molar-refractivity contribution in [3.8, 4) is 0 Å². The zero-order valence-electron chi connectivity index (χ0n) is 16.0. The average Bonchev–Trinajstić information content (AvgIpc) is 2.77. The number of esters is 1. The molecular weight excluding hydrogens is 318 g/mol. The molecule has 136 valence electrons. The Morgan fingerprint density at radius 2 is 1.92 bits per heavy atom. The van der Waals surface area contributed by atoms with Crippen LogP contribution in [0.15, 0.2) is 18.2 Å². The number of ether oxygens (including phenoxy) is 1. The Balaban J connectivity index is 2.49. The van der Waals surface area contributed by atoms with Gasteiger partial charge in [-0.15, -0.1) is 0 Å². The van der Waals surface area contributed by atoms with Crippen molar-refractivity contribution in [3.05, 3.63) is 29.6 Å². The molecule has 6 heteroatoms. The fraction of sp³-hybridized carbons (Fsp3) is 0.526. The molecule has 0 aliphatic carbocycles. The molecule has 1 N–H and O–H groups in total. The number of amides is 1. The van der Waals surface area contributed by atoms with E-state index in [-0.39, 0.29) is 24.0 Å². The minimum Gasteiger partial charge on any atom is -0.462 e. The van der Waals surface area contributed by atoms with Crippen LogP contribution in [0, 0.1) is 6.92 Å². The Morgan fingerprint density at radius 3 is 2.48 bits per heavy atom. The van der Waals surface area contributed by atoms with E-state index < -0.39 is 0 Å². The molecule has 0 atom stereocenters. The van der Waals surface area contributed by atoms with Crippen LogP contribution in [0.25, 0.3) is 11.0 Å². The third-order valence-corrected chi connectivity index (χ3v) is 3.98. The van der Waals surface area contributed by atoms with Crippen molar-refractivity contribution in [2.45, 2.75) is 60.2 Å². The molecule has 1 aromatic carbocycles. The number of hydrogen-bond acceptors (Lipinski definition) is 3. The smallest absolute Gasteiger partial charge is 0.338 e. The normalized spacial score (nSPS) is 11.6. The maximum absolute atomic E-state index is 12.4. The van der Waals surface area contributed by atoms with Crippen molar-refractivity contribution in [3.63, 3.8) is 0 Å².